The van der Waals surface area contributed by atoms with E-state index >= 15 is 0 Å². The zero-order valence-electron chi connectivity index (χ0n) is 12.3. The SMILES string of the molecule is CS(=O)(=O)NC[C@@H]1OC[C@@H]2CN(c3ncc(F)cn3)CC[C@@H]21. The van der Waals surface area contributed by atoms with Crippen molar-refractivity contribution >= 4 is 16.0 Å². The molecule has 0 bridgehead atoms. The molecule has 0 aromatic carbocycles. The van der Waals surface area contributed by atoms with E-state index in [1.165, 1.54) is 12.4 Å². The van der Waals surface area contributed by atoms with E-state index in [-0.39, 0.29) is 6.10 Å². The van der Waals surface area contributed by atoms with Gasteiger partial charge in [-0.3, -0.25) is 0 Å². The number of hydrogen-bond donors (Lipinski definition) is 1. The van der Waals surface area contributed by atoms with E-state index in [1.54, 1.807) is 0 Å². The molecule has 0 radical (unpaired) electrons. The Kier molecular flexibility index (Phi) is 4.28. The van der Waals surface area contributed by atoms with Crippen LogP contribution in [-0.4, -0.2) is 57.0 Å². The molecule has 0 unspecified atom stereocenters. The molecule has 122 valence electrons. The molecular formula is C13H19FN4O3S. The quantitative estimate of drug-likeness (QED) is 0.837. The molecule has 3 atom stereocenters. The minimum atomic E-state index is -3.20. The number of rotatable bonds is 4. The molecule has 7 nitrogen and oxygen atoms in total. The molecule has 22 heavy (non-hydrogen) atoms. The first-order valence-corrected chi connectivity index (χ1v) is 9.10. The molecule has 0 saturated carbocycles. The van der Waals surface area contributed by atoms with Crippen molar-refractivity contribution in [2.75, 3.05) is 37.4 Å². The molecule has 0 amide bonds. The summed E-state index contributed by atoms with van der Waals surface area (Å²) in [5, 5.41) is 0. The molecule has 3 heterocycles. The molecule has 3 rings (SSSR count). The highest BCUT2D eigenvalue weighted by atomic mass is 32.2. The van der Waals surface area contributed by atoms with Gasteiger partial charge in [0, 0.05) is 25.6 Å². The third kappa shape index (κ3) is 3.53. The van der Waals surface area contributed by atoms with Crippen LogP contribution in [0.25, 0.3) is 0 Å². The summed E-state index contributed by atoms with van der Waals surface area (Å²) in [7, 11) is -3.20. The Balaban J connectivity index is 1.60. The highest BCUT2D eigenvalue weighted by Crippen LogP contribution is 2.35. The Labute approximate surface area is 128 Å². The Morgan fingerprint density at radius 3 is 2.86 bits per heavy atom. The Hall–Kier alpha value is -1.32. The second-order valence-electron chi connectivity index (χ2n) is 5.85. The Morgan fingerprint density at radius 2 is 2.18 bits per heavy atom. The van der Waals surface area contributed by atoms with Gasteiger partial charge in [0.25, 0.3) is 0 Å². The zero-order valence-corrected chi connectivity index (χ0v) is 13.1. The topological polar surface area (TPSA) is 84.4 Å². The standard InChI is InChI=1S/C13H19FN4O3S/c1-22(19,20)17-6-12-11-2-3-18(7-9(11)8-21-12)13-15-4-10(14)5-16-13/h4-5,9,11-12,17H,2-3,6-8H2,1H3/t9-,11-,12-/m0/s1. The van der Waals surface area contributed by atoms with Crippen LogP contribution >= 0.6 is 0 Å². The lowest BCUT2D eigenvalue weighted by Crippen LogP contribution is -2.44. The van der Waals surface area contributed by atoms with Crippen LogP contribution in [0.3, 0.4) is 0 Å². The largest absolute Gasteiger partial charge is 0.376 e. The van der Waals surface area contributed by atoms with Crippen LogP contribution in [0.1, 0.15) is 6.42 Å². The number of halogens is 1. The number of aromatic nitrogens is 2. The number of hydrogen-bond acceptors (Lipinski definition) is 6. The van der Waals surface area contributed by atoms with Crippen LogP contribution in [0, 0.1) is 17.7 Å². The van der Waals surface area contributed by atoms with Crippen molar-refractivity contribution < 1.29 is 17.5 Å². The molecule has 1 aromatic heterocycles. The monoisotopic (exact) mass is 330 g/mol. The van der Waals surface area contributed by atoms with Gasteiger partial charge in [-0.25, -0.2) is 27.5 Å². The summed E-state index contributed by atoms with van der Waals surface area (Å²) in [6.07, 6.45) is 4.27. The maximum absolute atomic E-state index is 12.9. The van der Waals surface area contributed by atoms with Gasteiger partial charge < -0.3 is 9.64 Å². The van der Waals surface area contributed by atoms with Crippen molar-refractivity contribution in [2.45, 2.75) is 12.5 Å². The fourth-order valence-corrected chi connectivity index (χ4v) is 3.65. The first kappa shape index (κ1) is 15.6. The van der Waals surface area contributed by atoms with Crippen molar-refractivity contribution in [1.29, 1.82) is 0 Å². The summed E-state index contributed by atoms with van der Waals surface area (Å²) in [5.74, 6) is 0.715. The van der Waals surface area contributed by atoms with Gasteiger partial charge in [-0.1, -0.05) is 0 Å². The van der Waals surface area contributed by atoms with Crippen molar-refractivity contribution in [3.05, 3.63) is 18.2 Å². The summed E-state index contributed by atoms with van der Waals surface area (Å²) >= 11 is 0. The van der Waals surface area contributed by atoms with Gasteiger partial charge in [0.15, 0.2) is 5.82 Å². The molecule has 0 spiro atoms. The molecule has 2 fully saturated rings. The normalized spacial score (nSPS) is 28.6. The summed E-state index contributed by atoms with van der Waals surface area (Å²) in [4.78, 5) is 10.0. The Bertz CT molecular complexity index is 625. The lowest BCUT2D eigenvalue weighted by Gasteiger charge is -2.35. The first-order valence-electron chi connectivity index (χ1n) is 7.21. The van der Waals surface area contributed by atoms with Gasteiger partial charge in [0.05, 0.1) is 31.4 Å². The van der Waals surface area contributed by atoms with Crippen LogP contribution in [-0.2, 0) is 14.8 Å². The van der Waals surface area contributed by atoms with E-state index < -0.39 is 15.8 Å². The lowest BCUT2D eigenvalue weighted by molar-refractivity contribution is 0.0930. The van der Waals surface area contributed by atoms with Gasteiger partial charge in [0.1, 0.15) is 0 Å². The molecule has 0 aliphatic carbocycles. The van der Waals surface area contributed by atoms with Gasteiger partial charge in [-0.05, 0) is 12.3 Å². The molecular weight excluding hydrogens is 311 g/mol. The number of piperidine rings is 1. The number of sulfonamides is 1. The van der Waals surface area contributed by atoms with Crippen LogP contribution < -0.4 is 9.62 Å². The van der Waals surface area contributed by atoms with E-state index in [0.29, 0.717) is 30.9 Å². The van der Waals surface area contributed by atoms with E-state index in [2.05, 4.69) is 14.7 Å². The second kappa shape index (κ2) is 6.05. The maximum Gasteiger partial charge on any atom is 0.225 e. The number of anilines is 1. The van der Waals surface area contributed by atoms with Gasteiger partial charge in [-0.15, -0.1) is 0 Å². The summed E-state index contributed by atoms with van der Waals surface area (Å²) in [5.41, 5.74) is 0. The maximum atomic E-state index is 12.9. The van der Waals surface area contributed by atoms with Crippen molar-refractivity contribution in [3.8, 4) is 0 Å². The van der Waals surface area contributed by atoms with E-state index in [0.717, 1.165) is 25.8 Å². The fourth-order valence-electron chi connectivity index (χ4n) is 3.18. The highest BCUT2D eigenvalue weighted by molar-refractivity contribution is 7.88. The minimum absolute atomic E-state index is 0.0870. The first-order chi connectivity index (χ1) is 10.4. The lowest BCUT2D eigenvalue weighted by atomic mass is 9.84. The second-order valence-corrected chi connectivity index (χ2v) is 7.69. The van der Waals surface area contributed by atoms with Crippen LogP contribution in [0.4, 0.5) is 10.3 Å². The summed E-state index contributed by atoms with van der Waals surface area (Å²) in [6.45, 7) is 2.41. The smallest absolute Gasteiger partial charge is 0.225 e. The minimum Gasteiger partial charge on any atom is -0.376 e. The number of nitrogens with zero attached hydrogens (tertiary/aromatic N) is 3. The number of fused-ring (bicyclic) bond motifs is 1. The summed E-state index contributed by atoms with van der Waals surface area (Å²) in [6, 6.07) is 0. The van der Waals surface area contributed by atoms with Gasteiger partial charge in [-0.2, -0.15) is 0 Å². The van der Waals surface area contributed by atoms with Gasteiger partial charge >= 0.3 is 0 Å². The Morgan fingerprint density at radius 1 is 1.45 bits per heavy atom. The molecule has 2 saturated heterocycles. The van der Waals surface area contributed by atoms with Gasteiger partial charge in [0.2, 0.25) is 16.0 Å². The van der Waals surface area contributed by atoms with E-state index in [9.17, 15) is 12.8 Å². The summed E-state index contributed by atoms with van der Waals surface area (Å²) < 4.78 is 43.5. The molecule has 2 aliphatic rings. The van der Waals surface area contributed by atoms with Crippen molar-refractivity contribution in [3.63, 3.8) is 0 Å². The van der Waals surface area contributed by atoms with Crippen LogP contribution in [0.5, 0.6) is 0 Å². The van der Waals surface area contributed by atoms with E-state index in [4.69, 9.17) is 4.74 Å². The number of nitrogens with one attached hydrogen (secondary N) is 1. The fraction of sp³-hybridized carbons (Fsp3) is 0.692. The van der Waals surface area contributed by atoms with Crippen LogP contribution in [0.15, 0.2) is 12.4 Å². The highest BCUT2D eigenvalue weighted by Gasteiger charge is 2.41. The predicted octanol–water partition coefficient (Wildman–Crippen LogP) is 0.00620. The van der Waals surface area contributed by atoms with Crippen molar-refractivity contribution in [2.24, 2.45) is 11.8 Å². The molecule has 1 aromatic rings. The average molecular weight is 330 g/mol. The molecule has 2 aliphatic heterocycles. The number of ether oxygens (including phenoxy) is 1. The third-order valence-electron chi connectivity index (χ3n) is 4.23. The zero-order chi connectivity index (χ0) is 15.7. The average Bonchev–Trinajstić information content (AvgIpc) is 2.87. The predicted molar refractivity (Wildman–Crippen MR) is 78.4 cm³/mol. The van der Waals surface area contributed by atoms with Crippen molar-refractivity contribution in [1.82, 2.24) is 14.7 Å². The molecule has 9 heteroatoms. The van der Waals surface area contributed by atoms with Crippen LogP contribution in [0.2, 0.25) is 0 Å². The third-order valence-corrected chi connectivity index (χ3v) is 4.92. The molecule has 1 N–H and O–H groups in total. The van der Waals surface area contributed by atoms with E-state index in [1.807, 2.05) is 4.90 Å².